The van der Waals surface area contributed by atoms with E-state index in [1.165, 1.54) is 7.11 Å². The van der Waals surface area contributed by atoms with Gasteiger partial charge in [-0.1, -0.05) is 24.6 Å². The van der Waals surface area contributed by atoms with Gasteiger partial charge >= 0.3 is 5.97 Å². The Bertz CT molecular complexity index is 615. The molecule has 1 aromatic rings. The second kappa shape index (κ2) is 7.24. The molecule has 1 amide bonds. The van der Waals surface area contributed by atoms with Crippen LogP contribution in [0.15, 0.2) is 24.3 Å². The summed E-state index contributed by atoms with van der Waals surface area (Å²) in [5, 5.41) is 0. The van der Waals surface area contributed by atoms with Gasteiger partial charge in [0.25, 0.3) is 0 Å². The van der Waals surface area contributed by atoms with Gasteiger partial charge in [0.05, 0.1) is 19.1 Å². The van der Waals surface area contributed by atoms with Crippen molar-refractivity contribution in [3.05, 3.63) is 29.8 Å². The normalized spacial score (nSPS) is 26.8. The van der Waals surface area contributed by atoms with Crippen LogP contribution in [0.4, 0.5) is 0 Å². The monoisotopic (exact) mass is 331 g/mol. The summed E-state index contributed by atoms with van der Waals surface area (Å²) in [6, 6.07) is 7.89. The molecule has 1 aromatic carbocycles. The third-order valence-electron chi connectivity index (χ3n) is 5.17. The Morgan fingerprint density at radius 3 is 2.75 bits per heavy atom. The highest BCUT2D eigenvalue weighted by molar-refractivity contribution is 5.81. The lowest BCUT2D eigenvalue weighted by atomic mass is 9.80. The number of benzene rings is 1. The van der Waals surface area contributed by atoms with Crippen LogP contribution >= 0.6 is 0 Å². The van der Waals surface area contributed by atoms with Gasteiger partial charge in [-0.05, 0) is 32.3 Å². The van der Waals surface area contributed by atoms with Crippen molar-refractivity contribution >= 4 is 11.9 Å². The number of amides is 1. The molecule has 0 radical (unpaired) electrons. The molecule has 1 heterocycles. The van der Waals surface area contributed by atoms with E-state index >= 15 is 0 Å². The summed E-state index contributed by atoms with van der Waals surface area (Å²) in [5.41, 5.74) is 1.04. The first kappa shape index (κ1) is 16.8. The predicted octanol–water partition coefficient (Wildman–Crippen LogP) is 2.78. The number of carbonyl (C=O) groups is 2. The molecule has 0 N–H and O–H groups in total. The minimum Gasteiger partial charge on any atom is -0.491 e. The molecule has 0 bridgehead atoms. The molecule has 0 unspecified atom stereocenters. The Labute approximate surface area is 142 Å². The van der Waals surface area contributed by atoms with Crippen molar-refractivity contribution in [1.29, 1.82) is 0 Å². The van der Waals surface area contributed by atoms with Crippen LogP contribution in [0.1, 0.15) is 38.2 Å². The van der Waals surface area contributed by atoms with Gasteiger partial charge in [0.2, 0.25) is 5.91 Å². The summed E-state index contributed by atoms with van der Waals surface area (Å²) >= 11 is 0. The highest BCUT2D eigenvalue weighted by Crippen LogP contribution is 2.33. The number of hydrogen-bond acceptors (Lipinski definition) is 4. The molecule has 1 aliphatic carbocycles. The fraction of sp³-hybridized carbons (Fsp3) is 0.579. The Balaban J connectivity index is 1.74. The van der Waals surface area contributed by atoms with Gasteiger partial charge in [0, 0.05) is 18.0 Å². The quantitative estimate of drug-likeness (QED) is 0.782. The number of rotatable bonds is 2. The first-order chi connectivity index (χ1) is 11.6. The number of nitrogens with zero attached hydrogens (tertiary/aromatic N) is 1. The molecule has 0 spiro atoms. The lowest BCUT2D eigenvalue weighted by Gasteiger charge is -2.33. The fourth-order valence-electron chi connectivity index (χ4n) is 3.74. The molecule has 0 saturated heterocycles. The molecule has 5 heteroatoms. The van der Waals surface area contributed by atoms with Gasteiger partial charge in [-0.3, -0.25) is 9.59 Å². The number of hydrogen-bond donors (Lipinski definition) is 0. The molecule has 1 saturated carbocycles. The predicted molar refractivity (Wildman–Crippen MR) is 89.4 cm³/mol. The third kappa shape index (κ3) is 3.40. The van der Waals surface area contributed by atoms with Crippen molar-refractivity contribution in [2.24, 2.45) is 11.8 Å². The van der Waals surface area contributed by atoms with E-state index in [1.54, 1.807) is 0 Å². The first-order valence-corrected chi connectivity index (χ1v) is 8.69. The maximum absolute atomic E-state index is 13.1. The molecule has 5 nitrogen and oxygen atoms in total. The van der Waals surface area contributed by atoms with Crippen LogP contribution in [0.25, 0.3) is 0 Å². The average Bonchev–Trinajstić information content (AvgIpc) is 2.80. The van der Waals surface area contributed by atoms with Crippen molar-refractivity contribution in [2.45, 2.75) is 45.2 Å². The minimum absolute atomic E-state index is 0.0170. The molecule has 1 aliphatic heterocycles. The zero-order valence-electron chi connectivity index (χ0n) is 14.4. The van der Waals surface area contributed by atoms with E-state index in [2.05, 4.69) is 0 Å². The van der Waals surface area contributed by atoms with Crippen LogP contribution in [0, 0.1) is 11.8 Å². The Hall–Kier alpha value is -2.04. The van der Waals surface area contributed by atoms with Crippen LogP contribution in [0.5, 0.6) is 5.75 Å². The van der Waals surface area contributed by atoms with Crippen LogP contribution in [0.2, 0.25) is 0 Å². The van der Waals surface area contributed by atoms with Gasteiger partial charge in [-0.15, -0.1) is 0 Å². The van der Waals surface area contributed by atoms with E-state index in [-0.39, 0.29) is 29.8 Å². The number of para-hydroxylation sites is 1. The smallest absolute Gasteiger partial charge is 0.308 e. The van der Waals surface area contributed by atoms with E-state index in [1.807, 2.05) is 36.1 Å². The molecule has 2 aliphatic rings. The lowest BCUT2D eigenvalue weighted by molar-refractivity contribution is -0.149. The first-order valence-electron chi connectivity index (χ1n) is 8.69. The molecule has 0 aromatic heterocycles. The molecular weight excluding hydrogens is 306 g/mol. The highest BCUT2D eigenvalue weighted by Gasteiger charge is 2.36. The zero-order valence-corrected chi connectivity index (χ0v) is 14.4. The molecule has 24 heavy (non-hydrogen) atoms. The topological polar surface area (TPSA) is 55.8 Å². The lowest BCUT2D eigenvalue weighted by Crippen LogP contribution is -2.44. The summed E-state index contributed by atoms with van der Waals surface area (Å²) in [5.74, 6) is 0.552. The van der Waals surface area contributed by atoms with E-state index in [0.29, 0.717) is 19.6 Å². The molecule has 1 fully saturated rings. The van der Waals surface area contributed by atoms with Crippen molar-refractivity contribution in [3.63, 3.8) is 0 Å². The highest BCUT2D eigenvalue weighted by atomic mass is 16.5. The van der Waals surface area contributed by atoms with Gasteiger partial charge in [0.1, 0.15) is 12.4 Å². The van der Waals surface area contributed by atoms with Crippen LogP contribution in [0.3, 0.4) is 0 Å². The Morgan fingerprint density at radius 1 is 1.21 bits per heavy atom. The van der Waals surface area contributed by atoms with Gasteiger partial charge in [-0.25, -0.2) is 0 Å². The number of esters is 1. The van der Waals surface area contributed by atoms with Gasteiger partial charge < -0.3 is 14.4 Å². The van der Waals surface area contributed by atoms with Crippen molar-refractivity contribution in [3.8, 4) is 5.75 Å². The molecular formula is C19H25NO4. The van der Waals surface area contributed by atoms with Crippen molar-refractivity contribution < 1.29 is 19.1 Å². The maximum atomic E-state index is 13.1. The number of ether oxygens (including phenoxy) is 2. The molecule has 3 atom stereocenters. The van der Waals surface area contributed by atoms with Gasteiger partial charge in [-0.2, -0.15) is 0 Å². The van der Waals surface area contributed by atoms with Gasteiger partial charge in [0.15, 0.2) is 0 Å². The average molecular weight is 331 g/mol. The Kier molecular flexibility index (Phi) is 5.07. The Morgan fingerprint density at radius 2 is 1.96 bits per heavy atom. The van der Waals surface area contributed by atoms with Crippen molar-refractivity contribution in [1.82, 2.24) is 4.90 Å². The van der Waals surface area contributed by atoms with E-state index in [4.69, 9.17) is 9.47 Å². The second-order valence-corrected chi connectivity index (χ2v) is 6.82. The largest absolute Gasteiger partial charge is 0.491 e. The summed E-state index contributed by atoms with van der Waals surface area (Å²) in [4.78, 5) is 26.8. The van der Waals surface area contributed by atoms with Crippen LogP contribution in [-0.4, -0.2) is 36.5 Å². The number of methoxy groups -OCH3 is 1. The SMILES string of the molecule is COC(=O)[C@@H]1CCC[C@@H](C(=O)N2Cc3ccccc3OC[C@@H]2C)C1. The van der Waals surface area contributed by atoms with E-state index < -0.39 is 0 Å². The van der Waals surface area contributed by atoms with Crippen molar-refractivity contribution in [2.75, 3.05) is 13.7 Å². The van der Waals surface area contributed by atoms with E-state index in [9.17, 15) is 9.59 Å². The summed E-state index contributed by atoms with van der Waals surface area (Å²) in [6.07, 6.45) is 3.15. The number of fused-ring (bicyclic) bond motifs is 1. The standard InChI is InChI=1S/C19H25NO4/c1-13-12-24-17-9-4-3-6-16(17)11-20(13)18(21)14-7-5-8-15(10-14)19(22)23-2/h3-4,6,9,13-15H,5,7-8,10-12H2,1-2H3/t13-,14+,15+/m0/s1. The third-order valence-corrected chi connectivity index (χ3v) is 5.17. The second-order valence-electron chi connectivity index (χ2n) is 6.82. The summed E-state index contributed by atoms with van der Waals surface area (Å²) in [6.45, 7) is 3.08. The number of carbonyl (C=O) groups excluding carboxylic acids is 2. The van der Waals surface area contributed by atoms with Crippen LogP contribution < -0.4 is 4.74 Å². The summed E-state index contributed by atoms with van der Waals surface area (Å²) in [7, 11) is 1.42. The summed E-state index contributed by atoms with van der Waals surface area (Å²) < 4.78 is 10.7. The fourth-order valence-corrected chi connectivity index (χ4v) is 3.74. The maximum Gasteiger partial charge on any atom is 0.308 e. The van der Waals surface area contributed by atoms with E-state index in [0.717, 1.165) is 30.6 Å². The minimum atomic E-state index is -0.190. The molecule has 3 rings (SSSR count). The van der Waals surface area contributed by atoms with Crippen LogP contribution in [-0.2, 0) is 20.9 Å². The molecule has 130 valence electrons. The zero-order chi connectivity index (χ0) is 17.1.